The number of aromatic nitrogens is 4. The van der Waals surface area contributed by atoms with Gasteiger partial charge >= 0.3 is 0 Å². The Morgan fingerprint density at radius 1 is 0.492 bits per heavy atom. The van der Waals surface area contributed by atoms with Crippen molar-refractivity contribution in [3.8, 4) is 0 Å². The Bertz CT molecular complexity index is 2710. The van der Waals surface area contributed by atoms with Gasteiger partial charge < -0.3 is 0 Å². The second kappa shape index (κ2) is 24.1. The molecule has 63 heavy (non-hydrogen) atoms. The summed E-state index contributed by atoms with van der Waals surface area (Å²) in [6.07, 6.45) is 38.0. The SMILES string of the molecule is C=c1cc2c(s1)=c1s/c(=c3/c4nsnc4c(=C)c4nc(C)c(C)nc34)cc1/C2=C\c1cc(CCCCCCCCCCCCCC)cc(CCCCCCCCCCCCCC)c1. The minimum atomic E-state index is 0.808. The molecule has 4 aromatic heterocycles. The number of unbranched alkanes of at least 4 members (excludes halogenated alkanes) is 22. The van der Waals surface area contributed by atoms with Gasteiger partial charge in [0.15, 0.2) is 0 Å². The van der Waals surface area contributed by atoms with E-state index in [1.807, 2.05) is 36.5 Å². The molecule has 0 saturated carbocycles. The maximum absolute atomic E-state index is 5.13. The van der Waals surface area contributed by atoms with Gasteiger partial charge in [-0.25, -0.2) is 9.97 Å². The number of nitrogens with zero attached hydrogens (tertiary/aromatic N) is 4. The molecule has 0 amide bonds. The number of hydrogen-bond donors (Lipinski definition) is 0. The second-order valence-electron chi connectivity index (χ2n) is 18.6. The van der Waals surface area contributed by atoms with Crippen molar-refractivity contribution in [3.63, 3.8) is 0 Å². The van der Waals surface area contributed by atoms with E-state index in [0.717, 1.165) is 65.8 Å². The van der Waals surface area contributed by atoms with Gasteiger partial charge in [-0.05, 0) is 80.0 Å². The van der Waals surface area contributed by atoms with E-state index in [1.54, 1.807) is 0 Å². The average molecular weight is 899 g/mol. The lowest BCUT2D eigenvalue weighted by Gasteiger charge is -2.10. The van der Waals surface area contributed by atoms with Crippen molar-refractivity contribution >= 4 is 81.3 Å². The van der Waals surface area contributed by atoms with Crippen molar-refractivity contribution in [1.82, 2.24) is 18.7 Å². The molecule has 0 atom stereocenters. The van der Waals surface area contributed by atoms with Crippen LogP contribution in [-0.2, 0) is 12.8 Å². The van der Waals surface area contributed by atoms with Gasteiger partial charge in [-0.1, -0.05) is 186 Å². The second-order valence-corrected chi connectivity index (χ2v) is 21.4. The standard InChI is InChI=1S/C56H74N4S3/c1-7-9-11-13-15-17-19-21-23-25-27-29-31-43-34-44(32-30-28-26-24-22-20-18-16-14-12-10-8-2)36-45(35-43)37-46-47-33-39(3)61-55(47)56-48(46)38-49(62-56)50-53-51(57-41(5)42(6)58-53)40(4)52-54(50)60-63-59-52/h33-38H,3-4,7-32H2,1-2,5-6H3/b46-37-,50-49+. The highest BCUT2D eigenvalue weighted by Crippen LogP contribution is 2.39. The van der Waals surface area contributed by atoms with E-state index in [-0.39, 0.29) is 0 Å². The quantitative estimate of drug-likeness (QED) is 0.0483. The summed E-state index contributed by atoms with van der Waals surface area (Å²) in [5, 5.41) is 1.83. The van der Waals surface area contributed by atoms with Crippen LogP contribution >= 0.6 is 34.4 Å². The molecule has 1 aliphatic rings. The molecule has 7 heteroatoms. The number of rotatable bonds is 27. The van der Waals surface area contributed by atoms with Crippen molar-refractivity contribution in [1.29, 1.82) is 0 Å². The molecule has 0 spiro atoms. The molecule has 0 radical (unpaired) electrons. The fourth-order valence-electron chi connectivity index (χ4n) is 9.66. The number of aryl methyl sites for hydroxylation is 4. The van der Waals surface area contributed by atoms with Crippen LogP contribution in [-0.4, -0.2) is 18.7 Å². The van der Waals surface area contributed by atoms with Crippen LogP contribution in [0.15, 0.2) is 30.3 Å². The molecule has 7 rings (SSSR count). The normalized spacial score (nSPS) is 13.6. The molecule has 0 aliphatic heterocycles. The number of thiophene rings is 2. The van der Waals surface area contributed by atoms with Gasteiger partial charge in [0.25, 0.3) is 0 Å². The minimum absolute atomic E-state index is 0.808. The summed E-state index contributed by atoms with van der Waals surface area (Å²) in [4.78, 5) is 10.1. The molecule has 4 heterocycles. The Balaban J connectivity index is 1.11. The van der Waals surface area contributed by atoms with Gasteiger partial charge in [0.2, 0.25) is 0 Å². The van der Waals surface area contributed by atoms with Crippen LogP contribution in [0.2, 0.25) is 0 Å². The van der Waals surface area contributed by atoms with Crippen LogP contribution in [0.25, 0.3) is 46.9 Å². The summed E-state index contributed by atoms with van der Waals surface area (Å²) < 4.78 is 14.4. The molecule has 0 unspecified atom stereocenters. The Morgan fingerprint density at radius 3 is 1.49 bits per heavy atom. The van der Waals surface area contributed by atoms with Crippen LogP contribution in [0.3, 0.4) is 0 Å². The summed E-state index contributed by atoms with van der Waals surface area (Å²) in [5.74, 6) is 0. The average Bonchev–Trinajstić information content (AvgIpc) is 4.07. The molecule has 336 valence electrons. The lowest BCUT2D eigenvalue weighted by atomic mass is 9.95. The highest BCUT2D eigenvalue weighted by atomic mass is 32.1. The van der Waals surface area contributed by atoms with Crippen molar-refractivity contribution in [3.05, 3.63) is 98.1 Å². The largest absolute Gasteiger partial charge is 0.249 e. The Hall–Kier alpha value is -3.52. The highest BCUT2D eigenvalue weighted by molar-refractivity contribution is 7.12. The smallest absolute Gasteiger partial charge is 0.116 e. The first-order valence-corrected chi connectivity index (χ1v) is 27.4. The van der Waals surface area contributed by atoms with E-state index in [0.29, 0.717) is 0 Å². The summed E-state index contributed by atoms with van der Waals surface area (Å²) in [5.41, 5.74) is 13.5. The highest BCUT2D eigenvalue weighted by Gasteiger charge is 2.22. The zero-order chi connectivity index (χ0) is 44.0. The van der Waals surface area contributed by atoms with Crippen LogP contribution in [0.1, 0.15) is 207 Å². The first-order valence-electron chi connectivity index (χ1n) is 25.1. The predicted molar refractivity (Wildman–Crippen MR) is 277 cm³/mol. The topological polar surface area (TPSA) is 51.6 Å². The van der Waals surface area contributed by atoms with Gasteiger partial charge in [-0.3, -0.25) is 0 Å². The third-order valence-corrected chi connectivity index (χ3v) is 16.2. The number of hydrogen-bond acceptors (Lipinski definition) is 7. The van der Waals surface area contributed by atoms with Crippen molar-refractivity contribution in [2.45, 2.75) is 195 Å². The monoisotopic (exact) mass is 899 g/mol. The van der Waals surface area contributed by atoms with Gasteiger partial charge in [0.05, 0.1) is 37.7 Å². The molecule has 0 N–H and O–H groups in total. The number of fused-ring (bicyclic) bond motifs is 4. The minimum Gasteiger partial charge on any atom is -0.249 e. The molecule has 0 saturated heterocycles. The van der Waals surface area contributed by atoms with Gasteiger partial charge in [-0.2, -0.15) is 8.75 Å². The Labute approximate surface area is 390 Å². The number of benzene rings is 2. The molecule has 6 aromatic rings. The zero-order valence-electron chi connectivity index (χ0n) is 39.3. The van der Waals surface area contributed by atoms with Crippen LogP contribution in [0.5, 0.6) is 0 Å². The van der Waals surface area contributed by atoms with Crippen LogP contribution in [0, 0.1) is 32.7 Å². The first kappa shape index (κ1) is 47.4. The Kier molecular flexibility index (Phi) is 18.2. The van der Waals surface area contributed by atoms with E-state index in [4.69, 9.17) is 18.7 Å². The molecule has 4 nitrogen and oxygen atoms in total. The maximum Gasteiger partial charge on any atom is 0.116 e. The van der Waals surface area contributed by atoms with Gasteiger partial charge in [0, 0.05) is 30.6 Å². The maximum atomic E-state index is 5.13. The molecule has 0 bridgehead atoms. The Morgan fingerprint density at radius 2 is 0.952 bits per heavy atom. The summed E-state index contributed by atoms with van der Waals surface area (Å²) in [6, 6.07) is 12.2. The molecule has 1 aliphatic carbocycles. The van der Waals surface area contributed by atoms with E-state index < -0.39 is 0 Å². The summed E-state index contributed by atoms with van der Waals surface area (Å²) in [6.45, 7) is 17.5. The predicted octanol–water partition coefficient (Wildman–Crippen LogP) is 16.2. The summed E-state index contributed by atoms with van der Waals surface area (Å²) >= 11 is 4.89. The van der Waals surface area contributed by atoms with Crippen LogP contribution < -0.4 is 9.75 Å². The van der Waals surface area contributed by atoms with Gasteiger partial charge in [0.1, 0.15) is 16.6 Å². The van der Waals surface area contributed by atoms with E-state index in [9.17, 15) is 0 Å². The first-order chi connectivity index (χ1) is 30.9. The van der Waals surface area contributed by atoms with Gasteiger partial charge in [-0.15, -0.1) is 22.7 Å². The molecule has 0 fully saturated rings. The fraction of sp³-hybridized carbons (Fsp3) is 0.536. The zero-order valence-corrected chi connectivity index (χ0v) is 41.7. The van der Waals surface area contributed by atoms with E-state index in [1.165, 1.54) is 208 Å². The third kappa shape index (κ3) is 12.4. The summed E-state index contributed by atoms with van der Waals surface area (Å²) in [7, 11) is 0. The van der Waals surface area contributed by atoms with Crippen LogP contribution in [0.4, 0.5) is 0 Å². The van der Waals surface area contributed by atoms with E-state index >= 15 is 0 Å². The lowest BCUT2D eigenvalue weighted by Crippen LogP contribution is -2.08. The molecular formula is C56H74N4S3. The molecular weight excluding hydrogens is 825 g/mol. The fourth-order valence-corrected chi connectivity index (χ4v) is 12.6. The van der Waals surface area contributed by atoms with Crippen molar-refractivity contribution < 1.29 is 0 Å². The molecule has 2 aromatic carbocycles. The lowest BCUT2D eigenvalue weighted by molar-refractivity contribution is 0.543. The third-order valence-electron chi connectivity index (χ3n) is 13.4. The van der Waals surface area contributed by atoms with E-state index in [2.05, 4.69) is 63.4 Å². The van der Waals surface area contributed by atoms with Crippen molar-refractivity contribution in [2.75, 3.05) is 0 Å². The van der Waals surface area contributed by atoms with Crippen molar-refractivity contribution in [2.24, 2.45) is 0 Å².